The number of rotatable bonds is 4. The maximum atomic E-state index is 11.6. The Hall–Kier alpha value is -2.63. The molecule has 1 amide bonds. The molecule has 1 fully saturated rings. The summed E-state index contributed by atoms with van der Waals surface area (Å²) in [6, 6.07) is 6.31. The molecule has 6 nitrogen and oxygen atoms in total. The number of amides is 1. The summed E-state index contributed by atoms with van der Waals surface area (Å²) >= 11 is 0. The smallest absolute Gasteiger partial charge is 0.220 e. The molecular formula is C19H22N4O2. The Labute approximate surface area is 146 Å². The summed E-state index contributed by atoms with van der Waals surface area (Å²) in [6.45, 7) is 6.92. The summed E-state index contributed by atoms with van der Waals surface area (Å²) in [6.07, 6.45) is 2.40. The van der Waals surface area contributed by atoms with Crippen LogP contribution in [0.25, 0.3) is 22.2 Å². The lowest BCUT2D eigenvalue weighted by Crippen LogP contribution is -2.21. The molecule has 3 aromatic rings. The Morgan fingerprint density at radius 3 is 2.84 bits per heavy atom. The van der Waals surface area contributed by atoms with E-state index >= 15 is 0 Å². The highest BCUT2D eigenvalue weighted by Gasteiger charge is 2.27. The molecule has 0 radical (unpaired) electrons. The van der Waals surface area contributed by atoms with Crippen molar-refractivity contribution in [3.63, 3.8) is 0 Å². The average molecular weight is 338 g/mol. The van der Waals surface area contributed by atoms with Gasteiger partial charge in [-0.1, -0.05) is 18.1 Å². The number of aromatic nitrogens is 3. The molecule has 25 heavy (non-hydrogen) atoms. The predicted octanol–water partition coefficient (Wildman–Crippen LogP) is 3.67. The van der Waals surface area contributed by atoms with Gasteiger partial charge in [-0.25, -0.2) is 4.98 Å². The van der Waals surface area contributed by atoms with Gasteiger partial charge in [-0.05, 0) is 44.4 Å². The van der Waals surface area contributed by atoms with Crippen molar-refractivity contribution in [1.29, 1.82) is 0 Å². The molecule has 4 rings (SSSR count). The number of hydrogen-bond donors (Lipinski definition) is 1. The van der Waals surface area contributed by atoms with Crippen LogP contribution >= 0.6 is 0 Å². The minimum absolute atomic E-state index is 0.00830. The summed E-state index contributed by atoms with van der Waals surface area (Å²) in [5.41, 5.74) is 5.03. The second kappa shape index (κ2) is 6.02. The number of nitrogens with zero attached hydrogens (tertiary/aromatic N) is 3. The third kappa shape index (κ3) is 2.62. The minimum atomic E-state index is 0.00830. The highest BCUT2D eigenvalue weighted by molar-refractivity contribution is 5.84. The average Bonchev–Trinajstić information content (AvgIpc) is 3.26. The number of hydrogen-bond acceptors (Lipinski definition) is 4. The van der Waals surface area contributed by atoms with E-state index in [-0.39, 0.29) is 11.9 Å². The maximum Gasteiger partial charge on any atom is 0.220 e. The van der Waals surface area contributed by atoms with E-state index in [4.69, 9.17) is 9.51 Å². The van der Waals surface area contributed by atoms with Gasteiger partial charge in [0.15, 0.2) is 0 Å². The predicted molar refractivity (Wildman–Crippen MR) is 95.1 cm³/mol. The highest BCUT2D eigenvalue weighted by Crippen LogP contribution is 2.32. The number of benzene rings is 1. The van der Waals surface area contributed by atoms with Gasteiger partial charge < -0.3 is 14.4 Å². The first kappa shape index (κ1) is 15.9. The van der Waals surface area contributed by atoms with E-state index in [9.17, 15) is 4.79 Å². The van der Waals surface area contributed by atoms with Crippen molar-refractivity contribution in [1.82, 2.24) is 20.0 Å². The van der Waals surface area contributed by atoms with E-state index in [2.05, 4.69) is 40.2 Å². The van der Waals surface area contributed by atoms with Crippen molar-refractivity contribution in [2.75, 3.05) is 0 Å². The molecule has 2 aromatic heterocycles. The number of imidazole rings is 1. The lowest BCUT2D eigenvalue weighted by molar-refractivity contribution is -0.119. The molecule has 0 saturated carbocycles. The van der Waals surface area contributed by atoms with Crippen LogP contribution < -0.4 is 5.32 Å². The van der Waals surface area contributed by atoms with Crippen LogP contribution in [0.3, 0.4) is 0 Å². The molecule has 0 aliphatic carbocycles. The third-order valence-corrected chi connectivity index (χ3v) is 4.85. The van der Waals surface area contributed by atoms with Gasteiger partial charge in [0.05, 0.1) is 22.8 Å². The molecule has 0 bridgehead atoms. The lowest BCUT2D eigenvalue weighted by Gasteiger charge is -2.13. The second-order valence-electron chi connectivity index (χ2n) is 6.68. The quantitative estimate of drug-likeness (QED) is 0.788. The molecule has 0 unspecified atom stereocenters. The molecule has 6 heteroatoms. The van der Waals surface area contributed by atoms with Crippen LogP contribution in [-0.2, 0) is 11.3 Å². The maximum absolute atomic E-state index is 11.6. The number of carbonyl (C=O) groups is 1. The first-order chi connectivity index (χ1) is 12.1. The molecule has 1 atom stereocenters. The molecule has 1 aliphatic rings. The Morgan fingerprint density at radius 2 is 2.20 bits per heavy atom. The molecule has 1 aliphatic heterocycles. The van der Waals surface area contributed by atoms with E-state index in [1.165, 1.54) is 0 Å². The zero-order chi connectivity index (χ0) is 17.6. The molecular weight excluding hydrogens is 316 g/mol. The van der Waals surface area contributed by atoms with E-state index in [1.54, 1.807) is 0 Å². The first-order valence-corrected chi connectivity index (χ1v) is 8.81. The molecule has 1 N–H and O–H groups in total. The van der Waals surface area contributed by atoms with Gasteiger partial charge in [-0.15, -0.1) is 0 Å². The summed E-state index contributed by atoms with van der Waals surface area (Å²) in [7, 11) is 0. The Morgan fingerprint density at radius 1 is 1.36 bits per heavy atom. The van der Waals surface area contributed by atoms with E-state index in [0.29, 0.717) is 6.42 Å². The fourth-order valence-corrected chi connectivity index (χ4v) is 3.73. The normalized spacial score (nSPS) is 17.4. The molecule has 3 heterocycles. The van der Waals surface area contributed by atoms with Crippen molar-refractivity contribution in [3.05, 3.63) is 35.5 Å². The van der Waals surface area contributed by atoms with Crippen LogP contribution in [0.15, 0.2) is 22.7 Å². The van der Waals surface area contributed by atoms with Gasteiger partial charge in [0.1, 0.15) is 11.6 Å². The highest BCUT2D eigenvalue weighted by atomic mass is 16.5. The topological polar surface area (TPSA) is 73.0 Å². The van der Waals surface area contributed by atoms with Gasteiger partial charge in [0, 0.05) is 18.5 Å². The van der Waals surface area contributed by atoms with Crippen molar-refractivity contribution in [2.24, 2.45) is 0 Å². The Bertz CT molecular complexity index is 934. The van der Waals surface area contributed by atoms with Gasteiger partial charge in [-0.3, -0.25) is 4.79 Å². The summed E-state index contributed by atoms with van der Waals surface area (Å²) in [5, 5.41) is 7.09. The van der Waals surface area contributed by atoms with Gasteiger partial charge in [0.25, 0.3) is 0 Å². The summed E-state index contributed by atoms with van der Waals surface area (Å²) in [5.74, 6) is 1.88. The zero-order valence-corrected chi connectivity index (χ0v) is 14.8. The Balaban J connectivity index is 1.84. The largest absolute Gasteiger partial charge is 0.361 e. The second-order valence-corrected chi connectivity index (χ2v) is 6.68. The van der Waals surface area contributed by atoms with Gasteiger partial charge in [-0.2, -0.15) is 0 Å². The third-order valence-electron chi connectivity index (χ3n) is 4.85. The van der Waals surface area contributed by atoms with Crippen LogP contribution in [-0.4, -0.2) is 20.6 Å². The molecule has 1 aromatic carbocycles. The van der Waals surface area contributed by atoms with Crippen LogP contribution in [0.1, 0.15) is 49.5 Å². The van der Waals surface area contributed by atoms with Crippen LogP contribution in [0.4, 0.5) is 0 Å². The first-order valence-electron chi connectivity index (χ1n) is 8.81. The fraction of sp³-hybridized carbons (Fsp3) is 0.421. The van der Waals surface area contributed by atoms with Crippen molar-refractivity contribution in [3.8, 4) is 11.1 Å². The van der Waals surface area contributed by atoms with E-state index in [0.717, 1.165) is 58.8 Å². The fourth-order valence-electron chi connectivity index (χ4n) is 3.73. The summed E-state index contributed by atoms with van der Waals surface area (Å²) in [4.78, 5) is 16.5. The van der Waals surface area contributed by atoms with E-state index in [1.807, 2.05) is 13.8 Å². The molecule has 0 spiro atoms. The van der Waals surface area contributed by atoms with Gasteiger partial charge >= 0.3 is 0 Å². The van der Waals surface area contributed by atoms with Crippen LogP contribution in [0.2, 0.25) is 0 Å². The van der Waals surface area contributed by atoms with Crippen LogP contribution in [0.5, 0.6) is 0 Å². The van der Waals surface area contributed by atoms with Crippen molar-refractivity contribution < 1.29 is 9.32 Å². The lowest BCUT2D eigenvalue weighted by atomic mass is 10.0. The van der Waals surface area contributed by atoms with Crippen LogP contribution in [0, 0.1) is 13.8 Å². The monoisotopic (exact) mass is 338 g/mol. The number of aryl methyl sites for hydroxylation is 3. The van der Waals surface area contributed by atoms with Gasteiger partial charge in [0.2, 0.25) is 5.91 Å². The SMILES string of the molecule is CCCn1c([C@@H]2CCC(=O)N2)nc2cc(-c3c(C)noc3C)ccc21. The number of carbonyl (C=O) groups excluding carboxylic acids is 1. The summed E-state index contributed by atoms with van der Waals surface area (Å²) < 4.78 is 7.54. The molecule has 130 valence electrons. The molecule has 1 saturated heterocycles. The Kier molecular flexibility index (Phi) is 3.82. The van der Waals surface area contributed by atoms with E-state index < -0.39 is 0 Å². The zero-order valence-electron chi connectivity index (χ0n) is 14.8. The van der Waals surface area contributed by atoms with Crippen molar-refractivity contribution in [2.45, 2.75) is 52.6 Å². The van der Waals surface area contributed by atoms with Crippen molar-refractivity contribution >= 4 is 16.9 Å². The number of nitrogens with one attached hydrogen (secondary N) is 1. The minimum Gasteiger partial charge on any atom is -0.361 e. The standard InChI is InChI=1S/C19H22N4O2/c1-4-9-23-16-7-5-13(18-11(2)22-25-12(18)3)10-15(16)21-19(23)14-6-8-17(24)20-14/h5,7,10,14H,4,6,8-9H2,1-3H3,(H,20,24)/t14-/m0/s1. The number of fused-ring (bicyclic) bond motifs is 1.